The lowest BCUT2D eigenvalue weighted by molar-refractivity contribution is -0.140. The lowest BCUT2D eigenvalue weighted by atomic mass is 9.65. The van der Waals surface area contributed by atoms with E-state index in [2.05, 4.69) is 31.4 Å². The average Bonchev–Trinajstić information content (AvgIpc) is 2.92. The minimum Gasteiger partial charge on any atom is -0.353 e. The summed E-state index contributed by atoms with van der Waals surface area (Å²) in [5.41, 5.74) is -0.609. The third-order valence-corrected chi connectivity index (χ3v) is 7.65. The Morgan fingerprint density at radius 1 is 1.13 bits per heavy atom. The second-order valence-corrected chi connectivity index (χ2v) is 9.88. The van der Waals surface area contributed by atoms with E-state index in [1.165, 1.54) is 6.92 Å². The number of hydrogen-bond donors (Lipinski definition) is 2. The number of imide groups is 1. The first-order chi connectivity index (χ1) is 14.1. The quantitative estimate of drug-likeness (QED) is 0.665. The molecule has 0 aromatic heterocycles. The van der Waals surface area contributed by atoms with E-state index in [4.69, 9.17) is 0 Å². The first kappa shape index (κ1) is 22.6. The van der Waals surface area contributed by atoms with Gasteiger partial charge < -0.3 is 15.5 Å². The number of nitrogens with one attached hydrogen (secondary N) is 2. The molecule has 2 N–H and O–H groups in total. The van der Waals surface area contributed by atoms with Gasteiger partial charge in [0, 0.05) is 26.1 Å². The summed E-state index contributed by atoms with van der Waals surface area (Å²) >= 11 is 0. The molecular weight excluding hydrogens is 384 g/mol. The van der Waals surface area contributed by atoms with Crippen LogP contribution in [-0.2, 0) is 14.4 Å². The maximum atomic E-state index is 13.1. The molecular formula is C22H36N4O4. The van der Waals surface area contributed by atoms with Crippen LogP contribution in [0.3, 0.4) is 0 Å². The number of piperidine rings is 1. The van der Waals surface area contributed by atoms with Crippen molar-refractivity contribution in [1.29, 1.82) is 0 Å². The Hall–Kier alpha value is -2.12. The van der Waals surface area contributed by atoms with E-state index in [1.807, 2.05) is 0 Å². The molecule has 5 amide bonds. The van der Waals surface area contributed by atoms with Crippen LogP contribution < -0.4 is 10.6 Å². The summed E-state index contributed by atoms with van der Waals surface area (Å²) in [4.78, 5) is 52.4. The molecule has 3 fully saturated rings. The van der Waals surface area contributed by atoms with E-state index < -0.39 is 11.6 Å². The Balaban J connectivity index is 1.56. The largest absolute Gasteiger partial charge is 0.353 e. The molecule has 1 aliphatic carbocycles. The maximum absolute atomic E-state index is 13.1. The van der Waals surface area contributed by atoms with Crippen LogP contribution in [0.2, 0.25) is 0 Å². The van der Waals surface area contributed by atoms with Crippen molar-refractivity contribution in [3.8, 4) is 0 Å². The van der Waals surface area contributed by atoms with Crippen molar-refractivity contribution in [2.24, 2.45) is 11.3 Å². The topological polar surface area (TPSA) is 98.8 Å². The van der Waals surface area contributed by atoms with Gasteiger partial charge in [0.2, 0.25) is 11.8 Å². The molecule has 0 bridgehead atoms. The van der Waals surface area contributed by atoms with Gasteiger partial charge >= 0.3 is 6.03 Å². The number of carbonyl (C=O) groups is 4. The number of carbonyl (C=O) groups excluding carboxylic acids is 4. The van der Waals surface area contributed by atoms with Crippen LogP contribution in [0.1, 0.15) is 72.6 Å². The number of urea groups is 1. The van der Waals surface area contributed by atoms with Gasteiger partial charge in [-0.05, 0) is 49.9 Å². The number of rotatable bonds is 5. The summed E-state index contributed by atoms with van der Waals surface area (Å²) in [7, 11) is 0. The monoisotopic (exact) mass is 420 g/mol. The van der Waals surface area contributed by atoms with Crippen LogP contribution in [0, 0.1) is 11.3 Å². The first-order valence-electron chi connectivity index (χ1n) is 11.3. The van der Waals surface area contributed by atoms with E-state index in [-0.39, 0.29) is 35.7 Å². The molecule has 3 aliphatic rings. The molecule has 3 rings (SSSR count). The van der Waals surface area contributed by atoms with Gasteiger partial charge in [-0.15, -0.1) is 0 Å². The van der Waals surface area contributed by atoms with Gasteiger partial charge in [-0.25, -0.2) is 4.79 Å². The lowest BCUT2D eigenvalue weighted by Gasteiger charge is -2.42. The fourth-order valence-corrected chi connectivity index (χ4v) is 5.14. The predicted molar refractivity (Wildman–Crippen MR) is 112 cm³/mol. The lowest BCUT2D eigenvalue weighted by Crippen LogP contribution is -2.52. The molecule has 168 valence electrons. The molecule has 0 atom stereocenters. The molecule has 1 saturated carbocycles. The zero-order valence-electron chi connectivity index (χ0n) is 18.8. The van der Waals surface area contributed by atoms with Crippen molar-refractivity contribution in [2.75, 3.05) is 19.6 Å². The molecule has 0 aromatic carbocycles. The highest BCUT2D eigenvalue weighted by atomic mass is 16.2. The van der Waals surface area contributed by atoms with Gasteiger partial charge in [-0.1, -0.05) is 27.2 Å². The van der Waals surface area contributed by atoms with E-state index in [9.17, 15) is 19.2 Å². The predicted octanol–water partition coefficient (Wildman–Crippen LogP) is 2.03. The van der Waals surface area contributed by atoms with E-state index in [0.717, 1.165) is 24.2 Å². The van der Waals surface area contributed by atoms with Gasteiger partial charge in [-0.2, -0.15) is 0 Å². The van der Waals surface area contributed by atoms with Crippen molar-refractivity contribution in [3.05, 3.63) is 0 Å². The standard InChI is InChI=1S/C22H36N4O4/c1-5-21(3,4)16-6-10-22(11-7-16)19(29)26(20(30)24-22)14-18(28)25-12-8-17(9-13-25)23-15(2)27/h16-17H,5-14H2,1-4H3,(H,23,27)(H,24,30). The second kappa shape index (κ2) is 8.55. The second-order valence-electron chi connectivity index (χ2n) is 9.88. The molecule has 30 heavy (non-hydrogen) atoms. The highest BCUT2D eigenvalue weighted by molar-refractivity contribution is 6.09. The smallest absolute Gasteiger partial charge is 0.325 e. The minimum atomic E-state index is -0.837. The highest BCUT2D eigenvalue weighted by Gasteiger charge is 2.54. The van der Waals surface area contributed by atoms with Crippen molar-refractivity contribution >= 4 is 23.8 Å². The third-order valence-electron chi connectivity index (χ3n) is 7.65. The van der Waals surface area contributed by atoms with Crippen molar-refractivity contribution in [2.45, 2.75) is 84.2 Å². The summed E-state index contributed by atoms with van der Waals surface area (Å²) in [6.07, 6.45) is 5.55. The number of amides is 5. The minimum absolute atomic E-state index is 0.0681. The molecule has 0 aromatic rings. The van der Waals surface area contributed by atoms with Crippen molar-refractivity contribution < 1.29 is 19.2 Å². The SMILES string of the molecule is CCC(C)(C)C1CCC2(CC1)NC(=O)N(CC(=O)N1CCC(NC(C)=O)CC1)C2=O. The van der Waals surface area contributed by atoms with Gasteiger partial charge in [0.05, 0.1) is 0 Å². The highest BCUT2D eigenvalue weighted by Crippen LogP contribution is 2.45. The number of hydrogen-bond acceptors (Lipinski definition) is 4. The third kappa shape index (κ3) is 4.47. The van der Waals surface area contributed by atoms with E-state index in [0.29, 0.717) is 44.7 Å². The Morgan fingerprint density at radius 3 is 2.27 bits per heavy atom. The fourth-order valence-electron chi connectivity index (χ4n) is 5.14. The number of nitrogens with zero attached hydrogens (tertiary/aromatic N) is 2. The summed E-state index contributed by atoms with van der Waals surface area (Å²) < 4.78 is 0. The molecule has 2 heterocycles. The summed E-state index contributed by atoms with van der Waals surface area (Å²) in [5.74, 6) is 0.0132. The van der Waals surface area contributed by atoms with Crippen LogP contribution in [0.4, 0.5) is 4.79 Å². The van der Waals surface area contributed by atoms with Crippen molar-refractivity contribution in [3.63, 3.8) is 0 Å². The molecule has 2 aliphatic heterocycles. The maximum Gasteiger partial charge on any atom is 0.325 e. The molecule has 8 nitrogen and oxygen atoms in total. The zero-order chi connectivity index (χ0) is 22.1. The van der Waals surface area contributed by atoms with Crippen LogP contribution in [0.5, 0.6) is 0 Å². The summed E-state index contributed by atoms with van der Waals surface area (Å²) in [6, 6.07) is -0.372. The van der Waals surface area contributed by atoms with Gasteiger partial charge in [0.15, 0.2) is 0 Å². The molecule has 2 saturated heterocycles. The Morgan fingerprint density at radius 2 is 1.73 bits per heavy atom. The van der Waals surface area contributed by atoms with Crippen LogP contribution >= 0.6 is 0 Å². The number of likely N-dealkylation sites (tertiary alicyclic amines) is 1. The summed E-state index contributed by atoms with van der Waals surface area (Å²) in [6.45, 7) is 9.05. The fraction of sp³-hybridized carbons (Fsp3) is 0.818. The van der Waals surface area contributed by atoms with Gasteiger partial charge in [0.1, 0.15) is 12.1 Å². The van der Waals surface area contributed by atoms with Crippen LogP contribution in [0.25, 0.3) is 0 Å². The van der Waals surface area contributed by atoms with Gasteiger partial charge in [-0.3, -0.25) is 19.3 Å². The molecule has 0 unspecified atom stereocenters. The van der Waals surface area contributed by atoms with Crippen molar-refractivity contribution in [1.82, 2.24) is 20.4 Å². The van der Waals surface area contributed by atoms with Gasteiger partial charge in [0.25, 0.3) is 5.91 Å². The molecule has 0 radical (unpaired) electrons. The Kier molecular flexibility index (Phi) is 6.43. The summed E-state index contributed by atoms with van der Waals surface area (Å²) in [5, 5.41) is 5.80. The van der Waals surface area contributed by atoms with E-state index >= 15 is 0 Å². The normalized spacial score (nSPS) is 28.1. The zero-order valence-corrected chi connectivity index (χ0v) is 18.8. The van der Waals surface area contributed by atoms with Crippen LogP contribution in [-0.4, -0.2) is 64.8 Å². The Bertz CT molecular complexity index is 704. The first-order valence-corrected chi connectivity index (χ1v) is 11.3. The Labute approximate surface area is 179 Å². The van der Waals surface area contributed by atoms with E-state index in [1.54, 1.807) is 4.90 Å². The molecule has 8 heteroatoms. The van der Waals surface area contributed by atoms with Crippen LogP contribution in [0.15, 0.2) is 0 Å². The average molecular weight is 421 g/mol. The molecule has 1 spiro atoms.